The fourth-order valence-electron chi connectivity index (χ4n) is 1.77. The van der Waals surface area contributed by atoms with Crippen LogP contribution in [0.3, 0.4) is 0 Å². The number of nitrogens with one attached hydrogen (secondary N) is 1. The van der Waals surface area contributed by atoms with Gasteiger partial charge in [0.15, 0.2) is 5.84 Å². The fraction of sp³-hybridized carbons (Fsp3) is 0.385. The van der Waals surface area contributed by atoms with Crippen LogP contribution in [-0.4, -0.2) is 17.0 Å². The molecule has 20 heavy (non-hydrogen) atoms. The third-order valence-corrected chi connectivity index (χ3v) is 3.50. The number of aryl methyl sites for hydroxylation is 1. The number of nitrogens with two attached hydrogens (primary N) is 1. The number of hydrogen-bond acceptors (Lipinski definition) is 3. The molecule has 0 radical (unpaired) electrons. The first kappa shape index (κ1) is 16.4. The summed E-state index contributed by atoms with van der Waals surface area (Å²) in [6.45, 7) is 3.58. The Morgan fingerprint density at radius 2 is 2.25 bits per heavy atom. The molecule has 110 valence electrons. The number of carbonyl (C=O) groups is 1. The summed E-state index contributed by atoms with van der Waals surface area (Å²) in [7, 11) is 0. The standard InChI is InChI=1S/C13H17BrFN3O2/c1-3-4-8(12(16)18-20)13(19)17-11-6-9(14)10(15)5-7(11)2/h5-6,8,20H,3-4H2,1-2H3,(H2,16,18)(H,17,19). The van der Waals surface area contributed by atoms with E-state index in [0.717, 1.165) is 0 Å². The highest BCUT2D eigenvalue weighted by atomic mass is 79.9. The summed E-state index contributed by atoms with van der Waals surface area (Å²) in [5, 5.41) is 14.3. The van der Waals surface area contributed by atoms with E-state index in [-0.39, 0.29) is 16.2 Å². The topological polar surface area (TPSA) is 87.7 Å². The lowest BCUT2D eigenvalue weighted by Gasteiger charge is -2.16. The molecule has 0 heterocycles. The summed E-state index contributed by atoms with van der Waals surface area (Å²) in [5.41, 5.74) is 6.59. The maximum Gasteiger partial charge on any atom is 0.235 e. The molecule has 1 aromatic carbocycles. The number of rotatable bonds is 5. The average Bonchev–Trinajstić information content (AvgIpc) is 2.41. The van der Waals surface area contributed by atoms with E-state index in [9.17, 15) is 9.18 Å². The second kappa shape index (κ2) is 7.23. The van der Waals surface area contributed by atoms with Gasteiger partial charge in [0.05, 0.1) is 10.4 Å². The van der Waals surface area contributed by atoms with Crippen molar-refractivity contribution in [3.05, 3.63) is 28.0 Å². The predicted octanol–water partition coefficient (Wildman–Crippen LogP) is 3.00. The number of nitrogens with zero attached hydrogens (tertiary/aromatic N) is 1. The van der Waals surface area contributed by atoms with Gasteiger partial charge in [-0.1, -0.05) is 18.5 Å². The van der Waals surface area contributed by atoms with Crippen molar-refractivity contribution < 1.29 is 14.4 Å². The second-order valence-electron chi connectivity index (χ2n) is 4.44. The highest BCUT2D eigenvalue weighted by Gasteiger charge is 2.23. The first-order valence-electron chi connectivity index (χ1n) is 6.14. The summed E-state index contributed by atoms with van der Waals surface area (Å²) in [5.74, 6) is -1.64. The number of anilines is 1. The summed E-state index contributed by atoms with van der Waals surface area (Å²) in [4.78, 5) is 12.2. The lowest BCUT2D eigenvalue weighted by molar-refractivity contribution is -0.118. The monoisotopic (exact) mass is 345 g/mol. The van der Waals surface area contributed by atoms with Crippen LogP contribution in [0.25, 0.3) is 0 Å². The van der Waals surface area contributed by atoms with Crippen LogP contribution < -0.4 is 11.1 Å². The number of amidine groups is 1. The highest BCUT2D eigenvalue weighted by molar-refractivity contribution is 9.10. The molecule has 0 spiro atoms. The molecule has 0 aliphatic rings. The van der Waals surface area contributed by atoms with Crippen LogP contribution in [0.1, 0.15) is 25.3 Å². The van der Waals surface area contributed by atoms with Gasteiger partial charge < -0.3 is 16.3 Å². The Balaban J connectivity index is 2.96. The van der Waals surface area contributed by atoms with E-state index in [0.29, 0.717) is 24.1 Å². The molecule has 0 bridgehead atoms. The summed E-state index contributed by atoms with van der Waals surface area (Å²) >= 11 is 3.07. The third kappa shape index (κ3) is 3.93. The van der Waals surface area contributed by atoms with Crippen molar-refractivity contribution in [2.24, 2.45) is 16.8 Å². The second-order valence-corrected chi connectivity index (χ2v) is 5.29. The highest BCUT2D eigenvalue weighted by Crippen LogP contribution is 2.25. The van der Waals surface area contributed by atoms with Crippen molar-refractivity contribution >= 4 is 33.4 Å². The Morgan fingerprint density at radius 1 is 1.60 bits per heavy atom. The Morgan fingerprint density at radius 3 is 2.80 bits per heavy atom. The molecule has 1 unspecified atom stereocenters. The zero-order valence-corrected chi connectivity index (χ0v) is 12.9. The van der Waals surface area contributed by atoms with Crippen LogP contribution >= 0.6 is 15.9 Å². The van der Waals surface area contributed by atoms with Gasteiger partial charge in [0.25, 0.3) is 0 Å². The molecule has 0 saturated heterocycles. The molecule has 7 heteroatoms. The van der Waals surface area contributed by atoms with Gasteiger partial charge in [-0.2, -0.15) is 0 Å². The van der Waals surface area contributed by atoms with Gasteiger partial charge in [0.2, 0.25) is 5.91 Å². The van der Waals surface area contributed by atoms with Crippen LogP contribution in [0.4, 0.5) is 10.1 Å². The van der Waals surface area contributed by atoms with E-state index in [1.165, 1.54) is 12.1 Å². The number of carbonyl (C=O) groups excluding carboxylic acids is 1. The fourth-order valence-corrected chi connectivity index (χ4v) is 2.12. The first-order chi connectivity index (χ1) is 9.40. The number of oxime groups is 1. The van der Waals surface area contributed by atoms with Crippen LogP contribution in [0.15, 0.2) is 21.8 Å². The zero-order chi connectivity index (χ0) is 15.3. The molecular formula is C13H17BrFN3O2. The van der Waals surface area contributed by atoms with Gasteiger partial charge in [-0.05, 0) is 47.0 Å². The van der Waals surface area contributed by atoms with Crippen molar-refractivity contribution in [3.63, 3.8) is 0 Å². The molecule has 5 nitrogen and oxygen atoms in total. The summed E-state index contributed by atoms with van der Waals surface area (Å²) in [6, 6.07) is 2.80. The van der Waals surface area contributed by atoms with E-state index in [1.807, 2.05) is 6.92 Å². The van der Waals surface area contributed by atoms with Gasteiger partial charge >= 0.3 is 0 Å². The van der Waals surface area contributed by atoms with E-state index in [4.69, 9.17) is 10.9 Å². The van der Waals surface area contributed by atoms with E-state index >= 15 is 0 Å². The van der Waals surface area contributed by atoms with Crippen LogP contribution in [-0.2, 0) is 4.79 Å². The minimum atomic E-state index is -0.715. The Kier molecular flexibility index (Phi) is 5.94. The molecule has 1 amide bonds. The van der Waals surface area contributed by atoms with E-state index in [2.05, 4.69) is 26.4 Å². The SMILES string of the molecule is CCCC(C(=O)Nc1cc(Br)c(F)cc1C)/C(N)=N/O. The molecular weight excluding hydrogens is 329 g/mol. The normalized spacial score (nSPS) is 13.1. The first-order valence-corrected chi connectivity index (χ1v) is 6.93. The van der Waals surface area contributed by atoms with Gasteiger partial charge in [-0.15, -0.1) is 0 Å². The van der Waals surface area contributed by atoms with Gasteiger partial charge in [-0.3, -0.25) is 4.79 Å². The number of benzene rings is 1. The molecule has 1 atom stereocenters. The average molecular weight is 346 g/mol. The smallest absolute Gasteiger partial charge is 0.235 e. The number of hydrogen-bond donors (Lipinski definition) is 3. The largest absolute Gasteiger partial charge is 0.409 e. The quantitative estimate of drug-likeness (QED) is 0.331. The van der Waals surface area contributed by atoms with Crippen molar-refractivity contribution in [2.75, 3.05) is 5.32 Å². The zero-order valence-electron chi connectivity index (χ0n) is 11.3. The predicted molar refractivity (Wildman–Crippen MR) is 79.3 cm³/mol. The Hall–Kier alpha value is -1.63. The third-order valence-electron chi connectivity index (χ3n) is 2.89. The Labute approximate surface area is 125 Å². The molecule has 1 rings (SSSR count). The van der Waals surface area contributed by atoms with Crippen LogP contribution in [0, 0.1) is 18.7 Å². The Bertz CT molecular complexity index is 535. The van der Waals surface area contributed by atoms with Crippen LogP contribution in [0.5, 0.6) is 0 Å². The number of amides is 1. The van der Waals surface area contributed by atoms with Crippen molar-refractivity contribution in [2.45, 2.75) is 26.7 Å². The maximum absolute atomic E-state index is 13.3. The minimum Gasteiger partial charge on any atom is -0.409 e. The van der Waals surface area contributed by atoms with Crippen molar-refractivity contribution in [3.8, 4) is 0 Å². The van der Waals surface area contributed by atoms with E-state index < -0.39 is 11.7 Å². The summed E-state index contributed by atoms with van der Waals surface area (Å²) in [6.07, 6.45) is 1.17. The minimum absolute atomic E-state index is 0.136. The maximum atomic E-state index is 13.3. The van der Waals surface area contributed by atoms with Crippen LogP contribution in [0.2, 0.25) is 0 Å². The lowest BCUT2D eigenvalue weighted by Crippen LogP contribution is -2.34. The molecule has 0 fully saturated rings. The molecule has 4 N–H and O–H groups in total. The molecule has 1 aromatic rings. The van der Waals surface area contributed by atoms with Gasteiger partial charge in [0, 0.05) is 5.69 Å². The van der Waals surface area contributed by atoms with Gasteiger partial charge in [-0.25, -0.2) is 4.39 Å². The molecule has 0 aliphatic heterocycles. The van der Waals surface area contributed by atoms with Crippen molar-refractivity contribution in [1.82, 2.24) is 0 Å². The molecule has 0 saturated carbocycles. The number of halogens is 2. The molecule has 0 aromatic heterocycles. The van der Waals surface area contributed by atoms with E-state index in [1.54, 1.807) is 6.92 Å². The molecule has 0 aliphatic carbocycles. The summed E-state index contributed by atoms with van der Waals surface area (Å²) < 4.78 is 13.6. The van der Waals surface area contributed by atoms with Gasteiger partial charge in [0.1, 0.15) is 5.82 Å². The lowest BCUT2D eigenvalue weighted by atomic mass is 10.0. The van der Waals surface area contributed by atoms with Crippen molar-refractivity contribution in [1.29, 1.82) is 0 Å².